The predicted octanol–water partition coefficient (Wildman–Crippen LogP) is 1.51. The molecule has 0 N–H and O–H groups in total. The third-order valence-corrected chi connectivity index (χ3v) is 2.27. The molecule has 2 aromatic rings. The molecule has 0 atom stereocenters. The number of hydrogen-bond donors (Lipinski definition) is 0. The van der Waals surface area contributed by atoms with Crippen LogP contribution < -0.4 is 0 Å². The molecule has 0 saturated carbocycles. The molecule has 0 aliphatic rings. The standard InChI is InChI=1S/C12H10Si/c13-8-7-10-5-6-11-3-1-2-4-12(11)9-10/h1-6,9H,13H3. The number of benzene rings is 2. The SMILES string of the molecule is [SiH3]C#Cc1ccc2ccccc2c1. The maximum absolute atomic E-state index is 3.11. The average Bonchev–Trinajstić information content (AvgIpc) is 2.18. The van der Waals surface area contributed by atoms with Crippen molar-refractivity contribution < 1.29 is 0 Å². The van der Waals surface area contributed by atoms with Gasteiger partial charge in [0.1, 0.15) is 0 Å². The Morgan fingerprint density at radius 1 is 0.923 bits per heavy atom. The summed E-state index contributed by atoms with van der Waals surface area (Å²) in [5.74, 6) is 3.11. The summed E-state index contributed by atoms with van der Waals surface area (Å²) in [4.78, 5) is 0. The van der Waals surface area contributed by atoms with Crippen molar-refractivity contribution in [3.05, 3.63) is 48.0 Å². The van der Waals surface area contributed by atoms with Gasteiger partial charge in [0.05, 0.1) is 10.2 Å². The van der Waals surface area contributed by atoms with Crippen molar-refractivity contribution in [1.29, 1.82) is 0 Å². The van der Waals surface area contributed by atoms with Crippen LogP contribution in [0.15, 0.2) is 42.5 Å². The van der Waals surface area contributed by atoms with Gasteiger partial charge in [0.25, 0.3) is 0 Å². The highest BCUT2D eigenvalue weighted by Crippen LogP contribution is 2.14. The Hall–Kier alpha value is -1.52. The molecular weight excluding hydrogens is 172 g/mol. The second-order valence-electron chi connectivity index (χ2n) is 2.94. The Morgan fingerprint density at radius 2 is 1.69 bits per heavy atom. The highest BCUT2D eigenvalue weighted by Gasteiger charge is 1.91. The van der Waals surface area contributed by atoms with Crippen molar-refractivity contribution in [1.82, 2.24) is 0 Å². The number of fused-ring (bicyclic) bond motifs is 1. The fourth-order valence-corrected chi connectivity index (χ4v) is 1.70. The normalized spacial score (nSPS) is 9.54. The molecule has 2 aromatic carbocycles. The Kier molecular flexibility index (Phi) is 2.16. The predicted molar refractivity (Wildman–Crippen MR) is 60.8 cm³/mol. The molecule has 1 heteroatoms. The van der Waals surface area contributed by atoms with Gasteiger partial charge in [-0.05, 0) is 22.9 Å². The van der Waals surface area contributed by atoms with E-state index >= 15 is 0 Å². The van der Waals surface area contributed by atoms with E-state index < -0.39 is 0 Å². The van der Waals surface area contributed by atoms with Crippen molar-refractivity contribution in [3.63, 3.8) is 0 Å². The number of hydrogen-bond acceptors (Lipinski definition) is 0. The molecular formula is C12H10Si. The first kappa shape index (κ1) is 8.09. The van der Waals surface area contributed by atoms with Crippen molar-refractivity contribution in [2.24, 2.45) is 0 Å². The molecule has 0 nitrogen and oxygen atoms in total. The molecule has 0 fully saturated rings. The van der Waals surface area contributed by atoms with Crippen LogP contribution in [-0.4, -0.2) is 10.2 Å². The van der Waals surface area contributed by atoms with E-state index in [0.717, 1.165) is 15.8 Å². The van der Waals surface area contributed by atoms with Crippen LogP contribution in [0.1, 0.15) is 5.56 Å². The van der Waals surface area contributed by atoms with Crippen LogP contribution in [0.4, 0.5) is 0 Å². The van der Waals surface area contributed by atoms with Crippen molar-refractivity contribution >= 4 is 21.0 Å². The maximum Gasteiger partial charge on any atom is 0.0911 e. The van der Waals surface area contributed by atoms with Gasteiger partial charge in [-0.3, -0.25) is 0 Å². The van der Waals surface area contributed by atoms with Crippen molar-refractivity contribution in [2.75, 3.05) is 0 Å². The Labute approximate surface area is 81.0 Å². The minimum Gasteiger partial charge on any atom is -0.138 e. The zero-order valence-electron chi connectivity index (χ0n) is 7.54. The monoisotopic (exact) mass is 182 g/mol. The molecule has 0 unspecified atom stereocenters. The summed E-state index contributed by atoms with van der Waals surface area (Å²) in [5, 5.41) is 2.55. The molecule has 0 radical (unpaired) electrons. The summed E-state index contributed by atoms with van der Waals surface area (Å²) in [6.45, 7) is 0. The molecule has 62 valence electrons. The molecule has 0 heterocycles. The van der Waals surface area contributed by atoms with Crippen LogP contribution >= 0.6 is 0 Å². The van der Waals surface area contributed by atoms with E-state index in [9.17, 15) is 0 Å². The molecule has 0 spiro atoms. The first-order chi connectivity index (χ1) is 6.40. The maximum atomic E-state index is 3.11. The van der Waals surface area contributed by atoms with Gasteiger partial charge >= 0.3 is 0 Å². The molecule has 2 rings (SSSR count). The summed E-state index contributed by atoms with van der Waals surface area (Å²) >= 11 is 0. The lowest BCUT2D eigenvalue weighted by atomic mass is 10.1. The Bertz CT molecular complexity index is 489. The minimum atomic E-state index is 0.943. The van der Waals surface area contributed by atoms with Crippen LogP contribution in [0.5, 0.6) is 0 Å². The zero-order valence-corrected chi connectivity index (χ0v) is 9.54. The fourth-order valence-electron chi connectivity index (χ4n) is 1.41. The van der Waals surface area contributed by atoms with Gasteiger partial charge in [0.15, 0.2) is 0 Å². The van der Waals surface area contributed by atoms with E-state index in [-0.39, 0.29) is 0 Å². The van der Waals surface area contributed by atoms with E-state index in [2.05, 4.69) is 53.9 Å². The smallest absolute Gasteiger partial charge is 0.0911 e. The Balaban J connectivity index is 2.66. The van der Waals surface area contributed by atoms with Gasteiger partial charge in [-0.2, -0.15) is 0 Å². The summed E-state index contributed by atoms with van der Waals surface area (Å²) in [7, 11) is 0.943. The van der Waals surface area contributed by atoms with E-state index in [4.69, 9.17) is 0 Å². The lowest BCUT2D eigenvalue weighted by molar-refractivity contribution is 1.70. The van der Waals surface area contributed by atoms with E-state index in [1.54, 1.807) is 0 Å². The van der Waals surface area contributed by atoms with Crippen molar-refractivity contribution in [3.8, 4) is 11.5 Å². The van der Waals surface area contributed by atoms with Crippen LogP contribution in [0.3, 0.4) is 0 Å². The van der Waals surface area contributed by atoms with E-state index in [1.165, 1.54) is 10.8 Å². The second kappa shape index (κ2) is 3.47. The zero-order chi connectivity index (χ0) is 9.10. The summed E-state index contributed by atoms with van der Waals surface area (Å²) in [5.41, 5.74) is 4.16. The second-order valence-corrected chi connectivity index (χ2v) is 3.44. The van der Waals surface area contributed by atoms with E-state index in [1.807, 2.05) is 0 Å². The molecule has 0 aromatic heterocycles. The molecule has 0 amide bonds. The van der Waals surface area contributed by atoms with Gasteiger partial charge < -0.3 is 0 Å². The molecule has 0 bridgehead atoms. The van der Waals surface area contributed by atoms with Gasteiger partial charge in [-0.1, -0.05) is 36.3 Å². The molecule has 0 aliphatic carbocycles. The third-order valence-electron chi connectivity index (χ3n) is 2.02. The first-order valence-electron chi connectivity index (χ1n) is 4.32. The molecule has 0 saturated heterocycles. The minimum absolute atomic E-state index is 0.943. The summed E-state index contributed by atoms with van der Waals surface area (Å²) in [6.07, 6.45) is 0. The first-order valence-corrected chi connectivity index (χ1v) is 5.32. The lowest BCUT2D eigenvalue weighted by Crippen LogP contribution is -1.75. The fraction of sp³-hybridized carbons (Fsp3) is 0. The van der Waals surface area contributed by atoms with Gasteiger partial charge in [-0.25, -0.2) is 0 Å². The van der Waals surface area contributed by atoms with Crippen LogP contribution in [0.2, 0.25) is 0 Å². The average molecular weight is 182 g/mol. The summed E-state index contributed by atoms with van der Waals surface area (Å²) < 4.78 is 0. The largest absolute Gasteiger partial charge is 0.138 e. The van der Waals surface area contributed by atoms with Crippen LogP contribution in [0.25, 0.3) is 10.8 Å². The topological polar surface area (TPSA) is 0 Å². The third kappa shape index (κ3) is 1.63. The quantitative estimate of drug-likeness (QED) is 0.428. The molecule has 0 aliphatic heterocycles. The number of rotatable bonds is 0. The van der Waals surface area contributed by atoms with Crippen LogP contribution in [-0.2, 0) is 0 Å². The Morgan fingerprint density at radius 3 is 2.46 bits per heavy atom. The highest BCUT2D eigenvalue weighted by molar-refractivity contribution is 6.22. The van der Waals surface area contributed by atoms with E-state index in [0.29, 0.717) is 0 Å². The molecule has 13 heavy (non-hydrogen) atoms. The van der Waals surface area contributed by atoms with Gasteiger partial charge in [-0.15, -0.1) is 5.54 Å². The van der Waals surface area contributed by atoms with Crippen LogP contribution in [0, 0.1) is 11.5 Å². The summed E-state index contributed by atoms with van der Waals surface area (Å²) in [6, 6.07) is 14.7. The van der Waals surface area contributed by atoms with Gasteiger partial charge in [0, 0.05) is 5.56 Å². The lowest BCUT2D eigenvalue weighted by Gasteiger charge is -1.96. The highest BCUT2D eigenvalue weighted by atomic mass is 28.1. The van der Waals surface area contributed by atoms with Crippen molar-refractivity contribution in [2.45, 2.75) is 0 Å². The van der Waals surface area contributed by atoms with Gasteiger partial charge in [0.2, 0.25) is 0 Å².